The molecule has 0 radical (unpaired) electrons. The maximum Gasteiger partial charge on any atom is 0.343 e. The predicted molar refractivity (Wildman–Crippen MR) is 89.0 cm³/mol. The number of esters is 1. The lowest BCUT2D eigenvalue weighted by molar-refractivity contribution is -0.902. The van der Waals surface area contributed by atoms with E-state index >= 15 is 0 Å². The first-order chi connectivity index (χ1) is 10.8. The Morgan fingerprint density at radius 1 is 1.26 bits per heavy atom. The lowest BCUT2D eigenvalue weighted by Crippen LogP contribution is -2.50. The molecule has 0 amide bonds. The summed E-state index contributed by atoms with van der Waals surface area (Å²) in [5.74, 6) is 5.23. The summed E-state index contributed by atoms with van der Waals surface area (Å²) in [6, 6.07) is 9.18. The van der Waals surface area contributed by atoms with E-state index < -0.39 is 11.6 Å². The number of likely N-dealkylation sites (N-methyl/N-ethyl adjacent to an activating group) is 1. The van der Waals surface area contributed by atoms with Crippen molar-refractivity contribution in [2.24, 2.45) is 11.8 Å². The molecular formula is C18H29N2O3+. The van der Waals surface area contributed by atoms with Gasteiger partial charge in [-0.25, -0.2) is 4.79 Å². The molecule has 0 unspecified atom stereocenters. The predicted octanol–water partition coefficient (Wildman–Crippen LogP) is 1.95. The molecule has 1 aromatic carbocycles. The molecule has 1 atom stereocenters. The van der Waals surface area contributed by atoms with E-state index in [0.29, 0.717) is 12.1 Å². The zero-order valence-corrected chi connectivity index (χ0v) is 14.2. The minimum Gasteiger partial charge on any atom is -0.457 e. The molecule has 5 heteroatoms. The van der Waals surface area contributed by atoms with Gasteiger partial charge in [-0.3, -0.25) is 4.59 Å². The fourth-order valence-electron chi connectivity index (χ4n) is 3.22. The molecule has 5 nitrogen and oxygen atoms in total. The van der Waals surface area contributed by atoms with Gasteiger partial charge >= 0.3 is 5.97 Å². The van der Waals surface area contributed by atoms with Crippen LogP contribution in [-0.4, -0.2) is 42.9 Å². The third kappa shape index (κ3) is 4.53. The second-order valence-corrected chi connectivity index (χ2v) is 7.11. The Morgan fingerprint density at radius 3 is 2.43 bits per heavy atom. The van der Waals surface area contributed by atoms with E-state index in [0.717, 1.165) is 32.1 Å². The van der Waals surface area contributed by atoms with Gasteiger partial charge in [-0.2, -0.15) is 5.84 Å². The van der Waals surface area contributed by atoms with Crippen molar-refractivity contribution in [3.8, 4) is 0 Å². The summed E-state index contributed by atoms with van der Waals surface area (Å²) in [7, 11) is 3.66. The number of carbonyl (C=O) groups excluding carboxylic acids is 1. The second kappa shape index (κ2) is 7.43. The normalized spacial score (nSPS) is 19.1. The van der Waals surface area contributed by atoms with E-state index in [-0.39, 0.29) is 17.1 Å². The van der Waals surface area contributed by atoms with Gasteiger partial charge in [0.15, 0.2) is 5.60 Å². The van der Waals surface area contributed by atoms with Crippen LogP contribution in [0, 0.1) is 5.92 Å². The molecule has 2 rings (SSSR count). The molecule has 128 valence electrons. The molecule has 0 heterocycles. The first kappa shape index (κ1) is 17.9. The zero-order chi connectivity index (χ0) is 16.9. The number of nitrogens with zero attached hydrogens (tertiary/aromatic N) is 1. The van der Waals surface area contributed by atoms with Gasteiger partial charge in [-0.05, 0) is 18.4 Å². The van der Waals surface area contributed by atoms with Gasteiger partial charge in [-0.15, -0.1) is 0 Å². The Kier molecular flexibility index (Phi) is 5.79. The van der Waals surface area contributed by atoms with Crippen LogP contribution >= 0.6 is 0 Å². The molecule has 1 saturated carbocycles. The van der Waals surface area contributed by atoms with Crippen LogP contribution in [0.5, 0.6) is 0 Å². The van der Waals surface area contributed by atoms with Crippen molar-refractivity contribution in [2.45, 2.75) is 37.7 Å². The fourth-order valence-corrected chi connectivity index (χ4v) is 3.22. The average Bonchev–Trinajstić information content (AvgIpc) is 2.54. The first-order valence-electron chi connectivity index (χ1n) is 8.41. The SMILES string of the molecule is C[N+](C)(N)CCOC(=O)[C@@](O)(c1ccccc1)C1CCCCC1. The summed E-state index contributed by atoms with van der Waals surface area (Å²) in [4.78, 5) is 12.7. The van der Waals surface area contributed by atoms with Crippen LogP contribution in [0.2, 0.25) is 0 Å². The number of aliphatic hydroxyl groups is 1. The Morgan fingerprint density at radius 2 is 1.87 bits per heavy atom. The average molecular weight is 321 g/mol. The highest BCUT2D eigenvalue weighted by Gasteiger charge is 2.47. The van der Waals surface area contributed by atoms with Crippen molar-refractivity contribution < 1.29 is 19.2 Å². The van der Waals surface area contributed by atoms with E-state index in [1.165, 1.54) is 0 Å². The van der Waals surface area contributed by atoms with Crippen molar-refractivity contribution in [1.82, 2.24) is 0 Å². The van der Waals surface area contributed by atoms with Gasteiger partial charge < -0.3 is 9.84 Å². The summed E-state index contributed by atoms with van der Waals surface area (Å²) in [6.07, 6.45) is 4.94. The standard InChI is InChI=1S/C18H29N2O3/c1-20(2,19)13-14-23-17(21)18(22,15-9-5-3-6-10-15)16-11-7-4-8-12-16/h3,5-6,9-10,16,22H,4,7-8,11-14,19H2,1-2H3/q+1/t18-/m1/s1. The van der Waals surface area contributed by atoms with Crippen molar-refractivity contribution in [3.63, 3.8) is 0 Å². The molecule has 23 heavy (non-hydrogen) atoms. The summed E-state index contributed by atoms with van der Waals surface area (Å²) in [5.41, 5.74) is -0.939. The molecule has 0 spiro atoms. The molecule has 0 aromatic heterocycles. The van der Waals surface area contributed by atoms with Crippen LogP contribution < -0.4 is 5.84 Å². The number of hydrogen-bond acceptors (Lipinski definition) is 4. The van der Waals surface area contributed by atoms with Crippen molar-refractivity contribution in [1.29, 1.82) is 0 Å². The number of ether oxygens (including phenoxy) is 1. The highest BCUT2D eigenvalue weighted by Crippen LogP contribution is 2.40. The van der Waals surface area contributed by atoms with Crippen LogP contribution in [0.3, 0.4) is 0 Å². The van der Waals surface area contributed by atoms with Gasteiger partial charge in [0.1, 0.15) is 13.2 Å². The van der Waals surface area contributed by atoms with E-state index in [4.69, 9.17) is 10.6 Å². The third-order valence-corrected chi connectivity index (χ3v) is 4.62. The number of rotatable bonds is 6. The molecule has 1 aliphatic carbocycles. The maximum atomic E-state index is 12.7. The molecule has 0 aliphatic heterocycles. The lowest BCUT2D eigenvalue weighted by atomic mass is 9.73. The highest BCUT2D eigenvalue weighted by molar-refractivity contribution is 5.81. The molecule has 1 aromatic rings. The Balaban J connectivity index is 2.17. The minimum absolute atomic E-state index is 0.0912. The number of benzene rings is 1. The van der Waals surface area contributed by atoms with Crippen LogP contribution in [0.25, 0.3) is 0 Å². The Hall–Kier alpha value is -1.43. The van der Waals surface area contributed by atoms with Crippen molar-refractivity contribution >= 4 is 5.97 Å². The van der Waals surface area contributed by atoms with Gasteiger partial charge in [0.05, 0.1) is 14.1 Å². The molecule has 1 aliphatic rings. The summed E-state index contributed by atoms with van der Waals surface area (Å²) >= 11 is 0. The number of carbonyl (C=O) groups is 1. The van der Waals surface area contributed by atoms with Gasteiger partial charge in [0.25, 0.3) is 0 Å². The maximum absolute atomic E-state index is 12.7. The van der Waals surface area contributed by atoms with Crippen molar-refractivity contribution in [3.05, 3.63) is 35.9 Å². The number of nitrogens with two attached hydrogens (primary N) is 1. The van der Waals surface area contributed by atoms with Crippen LogP contribution in [0.15, 0.2) is 30.3 Å². The summed E-state index contributed by atoms with van der Waals surface area (Å²) < 4.78 is 5.63. The van der Waals surface area contributed by atoms with E-state index in [9.17, 15) is 9.90 Å². The largest absolute Gasteiger partial charge is 0.457 e. The van der Waals surface area contributed by atoms with E-state index in [2.05, 4.69) is 0 Å². The van der Waals surface area contributed by atoms with Gasteiger partial charge in [0, 0.05) is 5.92 Å². The van der Waals surface area contributed by atoms with Crippen LogP contribution in [0.4, 0.5) is 0 Å². The molecule has 3 N–H and O–H groups in total. The quantitative estimate of drug-likeness (QED) is 0.363. The van der Waals surface area contributed by atoms with Gasteiger partial charge in [0.2, 0.25) is 0 Å². The summed E-state index contributed by atoms with van der Waals surface area (Å²) in [6.45, 7) is 0.700. The zero-order valence-electron chi connectivity index (χ0n) is 14.2. The highest BCUT2D eigenvalue weighted by atomic mass is 16.5. The molecular weight excluding hydrogens is 292 g/mol. The number of hydrogen-bond donors (Lipinski definition) is 2. The Bertz CT molecular complexity index is 507. The third-order valence-electron chi connectivity index (χ3n) is 4.62. The first-order valence-corrected chi connectivity index (χ1v) is 8.41. The lowest BCUT2D eigenvalue weighted by Gasteiger charge is -2.37. The van der Waals surface area contributed by atoms with Gasteiger partial charge in [-0.1, -0.05) is 49.6 Å². The summed E-state index contributed by atoms with van der Waals surface area (Å²) in [5, 5.41) is 11.3. The topological polar surface area (TPSA) is 72.5 Å². The van der Waals surface area contributed by atoms with Crippen molar-refractivity contribution in [2.75, 3.05) is 27.2 Å². The Labute approximate surface area is 138 Å². The number of quaternary nitrogens is 1. The van der Waals surface area contributed by atoms with Crippen LogP contribution in [0.1, 0.15) is 37.7 Å². The fraction of sp³-hybridized carbons (Fsp3) is 0.611. The van der Waals surface area contributed by atoms with E-state index in [1.807, 2.05) is 32.3 Å². The molecule has 0 bridgehead atoms. The molecule has 1 fully saturated rings. The second-order valence-electron chi connectivity index (χ2n) is 7.11. The monoisotopic (exact) mass is 321 g/mol. The molecule has 0 saturated heterocycles. The smallest absolute Gasteiger partial charge is 0.343 e. The van der Waals surface area contributed by atoms with E-state index in [1.54, 1.807) is 12.1 Å². The van der Waals surface area contributed by atoms with Crippen LogP contribution in [-0.2, 0) is 15.1 Å². The minimum atomic E-state index is -1.56.